The van der Waals surface area contributed by atoms with E-state index in [0.29, 0.717) is 11.9 Å². The van der Waals surface area contributed by atoms with Crippen molar-refractivity contribution in [3.8, 4) is 5.75 Å². The van der Waals surface area contributed by atoms with Gasteiger partial charge in [0.1, 0.15) is 5.75 Å². The fraction of sp³-hybridized carbons (Fsp3) is 0.632. The fourth-order valence-electron chi connectivity index (χ4n) is 3.54. The molecule has 0 bridgehead atoms. The van der Waals surface area contributed by atoms with E-state index in [4.69, 9.17) is 9.47 Å². The van der Waals surface area contributed by atoms with Crippen molar-refractivity contribution < 1.29 is 14.3 Å². The van der Waals surface area contributed by atoms with Crippen LogP contribution in [-0.4, -0.2) is 48.7 Å². The van der Waals surface area contributed by atoms with Gasteiger partial charge in [0.2, 0.25) is 5.91 Å². The molecule has 0 N–H and O–H groups in total. The number of hydrogen-bond acceptors (Lipinski definition) is 4. The smallest absolute Gasteiger partial charge is 0.233 e. The SMILES string of the molecule is COc1ccc([C@H]2CCCN2C(=O)CSC[C@H]2CCCCO2)cc1. The van der Waals surface area contributed by atoms with Crippen molar-refractivity contribution in [3.63, 3.8) is 0 Å². The van der Waals surface area contributed by atoms with E-state index in [9.17, 15) is 4.79 Å². The highest BCUT2D eigenvalue weighted by atomic mass is 32.2. The molecule has 2 aliphatic rings. The standard InChI is InChI=1S/C19H27NO3S/c1-22-16-9-7-15(8-10-16)18-6-4-11-20(18)19(21)14-24-13-17-5-2-3-12-23-17/h7-10,17-18H,2-6,11-14H2,1H3/t17-,18-/m1/s1. The van der Waals surface area contributed by atoms with Gasteiger partial charge in [-0.15, -0.1) is 11.8 Å². The number of thioether (sulfide) groups is 1. The number of nitrogens with zero attached hydrogens (tertiary/aromatic N) is 1. The molecule has 2 atom stereocenters. The summed E-state index contributed by atoms with van der Waals surface area (Å²) in [6.45, 7) is 1.75. The van der Waals surface area contributed by atoms with Crippen LogP contribution < -0.4 is 4.74 Å². The molecule has 0 aromatic heterocycles. The number of rotatable bonds is 6. The molecule has 4 nitrogen and oxygen atoms in total. The molecule has 2 saturated heterocycles. The third-order valence-corrected chi connectivity index (χ3v) is 5.94. The number of likely N-dealkylation sites (tertiary alicyclic amines) is 1. The van der Waals surface area contributed by atoms with Gasteiger partial charge in [0.15, 0.2) is 0 Å². The highest BCUT2D eigenvalue weighted by Gasteiger charge is 2.29. The van der Waals surface area contributed by atoms with Gasteiger partial charge in [-0.1, -0.05) is 12.1 Å². The van der Waals surface area contributed by atoms with Gasteiger partial charge in [0.05, 0.1) is 25.0 Å². The minimum absolute atomic E-state index is 0.218. The number of carbonyl (C=O) groups excluding carboxylic acids is 1. The van der Waals surface area contributed by atoms with Crippen LogP contribution in [0, 0.1) is 0 Å². The van der Waals surface area contributed by atoms with Crippen molar-refractivity contribution in [3.05, 3.63) is 29.8 Å². The van der Waals surface area contributed by atoms with Gasteiger partial charge < -0.3 is 14.4 Å². The number of ether oxygens (including phenoxy) is 2. The molecule has 2 fully saturated rings. The van der Waals surface area contributed by atoms with Crippen LogP contribution >= 0.6 is 11.8 Å². The van der Waals surface area contributed by atoms with E-state index in [1.54, 1.807) is 18.9 Å². The molecule has 1 aromatic rings. The van der Waals surface area contributed by atoms with Gasteiger partial charge in [-0.25, -0.2) is 0 Å². The minimum Gasteiger partial charge on any atom is -0.497 e. The zero-order valence-corrected chi connectivity index (χ0v) is 15.2. The molecule has 1 amide bonds. The Morgan fingerprint density at radius 2 is 2.08 bits per heavy atom. The van der Waals surface area contributed by atoms with E-state index in [1.807, 2.05) is 12.1 Å². The van der Waals surface area contributed by atoms with Gasteiger partial charge in [0.25, 0.3) is 0 Å². The summed E-state index contributed by atoms with van der Waals surface area (Å²) in [4.78, 5) is 14.7. The molecule has 24 heavy (non-hydrogen) atoms. The van der Waals surface area contributed by atoms with E-state index < -0.39 is 0 Å². The average Bonchev–Trinajstić information content (AvgIpc) is 3.12. The van der Waals surface area contributed by atoms with Crippen LogP contribution in [0.25, 0.3) is 0 Å². The second kappa shape index (κ2) is 8.77. The maximum Gasteiger partial charge on any atom is 0.233 e. The Labute approximate surface area is 148 Å². The summed E-state index contributed by atoms with van der Waals surface area (Å²) in [7, 11) is 1.67. The molecule has 1 aromatic carbocycles. The second-order valence-corrected chi connectivity index (χ2v) is 7.55. The second-order valence-electron chi connectivity index (χ2n) is 6.52. The zero-order valence-electron chi connectivity index (χ0n) is 14.4. The van der Waals surface area contributed by atoms with Crippen LogP contribution in [-0.2, 0) is 9.53 Å². The molecular weight excluding hydrogens is 322 g/mol. The molecule has 2 aliphatic heterocycles. The van der Waals surface area contributed by atoms with Crippen LogP contribution in [0.4, 0.5) is 0 Å². The molecule has 0 radical (unpaired) electrons. The summed E-state index contributed by atoms with van der Waals surface area (Å²) in [5.41, 5.74) is 1.21. The maximum atomic E-state index is 12.6. The quantitative estimate of drug-likeness (QED) is 0.786. The summed E-state index contributed by atoms with van der Waals surface area (Å²) in [5, 5.41) is 0. The van der Waals surface area contributed by atoms with Crippen LogP contribution in [0.15, 0.2) is 24.3 Å². The fourth-order valence-corrected chi connectivity index (χ4v) is 4.52. The molecule has 3 rings (SSSR count). The molecule has 132 valence electrons. The van der Waals surface area contributed by atoms with Crippen LogP contribution in [0.3, 0.4) is 0 Å². The topological polar surface area (TPSA) is 38.8 Å². The lowest BCUT2D eigenvalue weighted by molar-refractivity contribution is -0.129. The first kappa shape index (κ1) is 17.6. The lowest BCUT2D eigenvalue weighted by atomic mass is 10.0. The average molecular weight is 349 g/mol. The van der Waals surface area contributed by atoms with E-state index >= 15 is 0 Å². The summed E-state index contributed by atoms with van der Waals surface area (Å²) >= 11 is 1.72. The van der Waals surface area contributed by atoms with Crippen LogP contribution in [0.1, 0.15) is 43.7 Å². The Morgan fingerprint density at radius 1 is 1.25 bits per heavy atom. The van der Waals surface area contributed by atoms with Gasteiger partial charge in [-0.2, -0.15) is 0 Å². The predicted molar refractivity (Wildman–Crippen MR) is 97.6 cm³/mol. The van der Waals surface area contributed by atoms with E-state index in [-0.39, 0.29) is 11.9 Å². The van der Waals surface area contributed by atoms with Gasteiger partial charge in [0, 0.05) is 18.9 Å². The number of carbonyl (C=O) groups is 1. The highest BCUT2D eigenvalue weighted by Crippen LogP contribution is 2.33. The Balaban J connectivity index is 1.51. The van der Waals surface area contributed by atoms with Gasteiger partial charge in [-0.05, 0) is 49.8 Å². The molecular formula is C19H27NO3S. The van der Waals surface area contributed by atoms with Gasteiger partial charge >= 0.3 is 0 Å². The zero-order chi connectivity index (χ0) is 16.8. The first-order chi connectivity index (χ1) is 11.8. The Morgan fingerprint density at radius 3 is 2.79 bits per heavy atom. The lowest BCUT2D eigenvalue weighted by Gasteiger charge is -2.26. The van der Waals surface area contributed by atoms with E-state index in [0.717, 1.165) is 43.9 Å². The van der Waals surface area contributed by atoms with Crippen LogP contribution in [0.5, 0.6) is 5.75 Å². The lowest BCUT2D eigenvalue weighted by Crippen LogP contribution is -2.32. The normalized spacial score (nSPS) is 24.1. The molecule has 5 heteroatoms. The van der Waals surface area contributed by atoms with Crippen molar-refractivity contribution in [2.45, 2.75) is 44.2 Å². The van der Waals surface area contributed by atoms with Crippen molar-refractivity contribution in [1.82, 2.24) is 4.90 Å². The monoisotopic (exact) mass is 349 g/mol. The number of amides is 1. The summed E-state index contributed by atoms with van der Waals surface area (Å²) in [5.74, 6) is 2.62. The first-order valence-electron chi connectivity index (χ1n) is 8.90. The maximum absolute atomic E-state index is 12.6. The first-order valence-corrected chi connectivity index (χ1v) is 10.1. The summed E-state index contributed by atoms with van der Waals surface area (Å²) < 4.78 is 11.0. The molecule has 0 aliphatic carbocycles. The van der Waals surface area contributed by atoms with Crippen molar-refractivity contribution in [1.29, 1.82) is 0 Å². The molecule has 0 unspecified atom stereocenters. The van der Waals surface area contributed by atoms with E-state index in [2.05, 4.69) is 17.0 Å². The Bertz CT molecular complexity index is 528. The number of methoxy groups -OCH3 is 1. The predicted octanol–water partition coefficient (Wildman–Crippen LogP) is 3.66. The van der Waals surface area contributed by atoms with Gasteiger partial charge in [-0.3, -0.25) is 4.79 Å². The summed E-state index contributed by atoms with van der Waals surface area (Å²) in [6, 6.07) is 8.34. The summed E-state index contributed by atoms with van der Waals surface area (Å²) in [6.07, 6.45) is 6.04. The minimum atomic E-state index is 0.218. The third-order valence-electron chi connectivity index (χ3n) is 4.88. The van der Waals surface area contributed by atoms with Crippen molar-refractivity contribution >= 4 is 17.7 Å². The largest absolute Gasteiger partial charge is 0.497 e. The van der Waals surface area contributed by atoms with Crippen LogP contribution in [0.2, 0.25) is 0 Å². The number of benzene rings is 1. The van der Waals surface area contributed by atoms with Crippen molar-refractivity contribution in [2.75, 3.05) is 31.8 Å². The highest BCUT2D eigenvalue weighted by molar-refractivity contribution is 7.99. The van der Waals surface area contributed by atoms with E-state index in [1.165, 1.54) is 18.4 Å². The molecule has 0 saturated carbocycles. The number of hydrogen-bond donors (Lipinski definition) is 0. The Hall–Kier alpha value is -1.20. The molecule has 2 heterocycles. The Kier molecular flexibility index (Phi) is 6.44. The van der Waals surface area contributed by atoms with Crippen molar-refractivity contribution in [2.24, 2.45) is 0 Å². The molecule has 0 spiro atoms. The third kappa shape index (κ3) is 4.45.